The van der Waals surface area contributed by atoms with E-state index in [0.717, 1.165) is 23.9 Å². The molecule has 0 aliphatic carbocycles. The Hall–Kier alpha value is -2.20. The van der Waals surface area contributed by atoms with Crippen LogP contribution in [0.3, 0.4) is 0 Å². The SMILES string of the molecule is CNCCC(c1cccnc1)c1ccc2cn[nH]c2c1. The molecule has 0 aliphatic rings. The summed E-state index contributed by atoms with van der Waals surface area (Å²) in [6, 6.07) is 10.6. The molecule has 4 heteroatoms. The van der Waals surface area contributed by atoms with Gasteiger partial charge in [0.1, 0.15) is 0 Å². The molecule has 0 saturated heterocycles. The van der Waals surface area contributed by atoms with Crippen LogP contribution in [0.5, 0.6) is 0 Å². The molecule has 0 fully saturated rings. The van der Waals surface area contributed by atoms with Gasteiger partial charge in [0.05, 0.1) is 11.7 Å². The molecule has 1 atom stereocenters. The van der Waals surface area contributed by atoms with Crippen molar-refractivity contribution in [3.05, 3.63) is 60.0 Å². The third kappa shape index (κ3) is 2.56. The van der Waals surface area contributed by atoms with Gasteiger partial charge in [-0.3, -0.25) is 10.1 Å². The van der Waals surface area contributed by atoms with E-state index >= 15 is 0 Å². The highest BCUT2D eigenvalue weighted by Crippen LogP contribution is 2.29. The zero-order chi connectivity index (χ0) is 13.8. The van der Waals surface area contributed by atoms with Crippen molar-refractivity contribution in [2.24, 2.45) is 0 Å². The first-order valence-electron chi connectivity index (χ1n) is 6.86. The van der Waals surface area contributed by atoms with Gasteiger partial charge < -0.3 is 5.32 Å². The molecular formula is C16H18N4. The number of H-pyrrole nitrogens is 1. The Bertz CT molecular complexity index is 675. The standard InChI is InChI=1S/C16H18N4/c1-17-8-6-15(13-3-2-7-18-10-13)12-4-5-14-11-19-20-16(14)9-12/h2-5,7,9-11,15,17H,6,8H2,1H3,(H,19,20). The van der Waals surface area contributed by atoms with Crippen LogP contribution < -0.4 is 5.32 Å². The van der Waals surface area contributed by atoms with Crippen LogP contribution in [-0.4, -0.2) is 28.8 Å². The fourth-order valence-corrected chi connectivity index (χ4v) is 2.57. The van der Waals surface area contributed by atoms with Crippen LogP contribution in [0.2, 0.25) is 0 Å². The number of hydrogen-bond donors (Lipinski definition) is 2. The number of nitrogens with zero attached hydrogens (tertiary/aromatic N) is 2. The molecule has 1 unspecified atom stereocenters. The van der Waals surface area contributed by atoms with Crippen molar-refractivity contribution in [3.8, 4) is 0 Å². The third-order valence-electron chi connectivity index (χ3n) is 3.64. The minimum absolute atomic E-state index is 0.351. The predicted molar refractivity (Wildman–Crippen MR) is 80.7 cm³/mol. The second-order valence-electron chi connectivity index (χ2n) is 4.95. The first-order chi connectivity index (χ1) is 9.88. The lowest BCUT2D eigenvalue weighted by atomic mass is 9.89. The largest absolute Gasteiger partial charge is 0.320 e. The number of benzene rings is 1. The number of fused-ring (bicyclic) bond motifs is 1. The van der Waals surface area contributed by atoms with Crippen molar-refractivity contribution >= 4 is 10.9 Å². The zero-order valence-electron chi connectivity index (χ0n) is 11.5. The predicted octanol–water partition coefficient (Wildman–Crippen LogP) is 2.70. The topological polar surface area (TPSA) is 53.6 Å². The van der Waals surface area contributed by atoms with E-state index in [1.807, 2.05) is 31.7 Å². The van der Waals surface area contributed by atoms with Gasteiger partial charge >= 0.3 is 0 Å². The normalized spacial score (nSPS) is 12.7. The lowest BCUT2D eigenvalue weighted by Crippen LogP contribution is -2.13. The number of aromatic nitrogens is 3. The van der Waals surface area contributed by atoms with Gasteiger partial charge in [-0.05, 0) is 43.3 Å². The van der Waals surface area contributed by atoms with E-state index in [-0.39, 0.29) is 0 Å². The molecule has 0 spiro atoms. The summed E-state index contributed by atoms with van der Waals surface area (Å²) >= 11 is 0. The average molecular weight is 266 g/mol. The van der Waals surface area contributed by atoms with Crippen molar-refractivity contribution in [3.63, 3.8) is 0 Å². The monoisotopic (exact) mass is 266 g/mol. The van der Waals surface area contributed by atoms with Gasteiger partial charge in [-0.25, -0.2) is 0 Å². The first kappa shape index (κ1) is 12.8. The summed E-state index contributed by atoms with van der Waals surface area (Å²) in [5.74, 6) is 0.351. The van der Waals surface area contributed by atoms with Gasteiger partial charge in [0.2, 0.25) is 0 Å². The lowest BCUT2D eigenvalue weighted by molar-refractivity contribution is 0.660. The second kappa shape index (κ2) is 5.84. The molecule has 0 bridgehead atoms. The molecule has 2 heterocycles. The fraction of sp³-hybridized carbons (Fsp3) is 0.250. The molecule has 0 amide bonds. The summed E-state index contributed by atoms with van der Waals surface area (Å²) in [6.45, 7) is 0.973. The van der Waals surface area contributed by atoms with E-state index in [1.54, 1.807) is 0 Å². The Kier molecular flexibility index (Phi) is 3.74. The molecule has 2 aromatic heterocycles. The van der Waals surface area contributed by atoms with Crippen LogP contribution in [0.15, 0.2) is 48.9 Å². The molecular weight excluding hydrogens is 248 g/mol. The molecule has 3 aromatic rings. The van der Waals surface area contributed by atoms with Gasteiger partial charge in [0.25, 0.3) is 0 Å². The Labute approximate surface area is 118 Å². The van der Waals surface area contributed by atoms with Crippen molar-refractivity contribution in [2.75, 3.05) is 13.6 Å². The number of hydrogen-bond acceptors (Lipinski definition) is 3. The van der Waals surface area contributed by atoms with E-state index in [0.29, 0.717) is 5.92 Å². The van der Waals surface area contributed by atoms with Gasteiger partial charge in [-0.1, -0.05) is 18.2 Å². The summed E-state index contributed by atoms with van der Waals surface area (Å²) in [7, 11) is 1.98. The molecule has 20 heavy (non-hydrogen) atoms. The number of nitrogens with one attached hydrogen (secondary N) is 2. The molecule has 0 saturated carbocycles. The maximum Gasteiger partial charge on any atom is 0.0653 e. The fourth-order valence-electron chi connectivity index (χ4n) is 2.57. The molecule has 4 nitrogen and oxygen atoms in total. The van der Waals surface area contributed by atoms with Crippen LogP contribution in [0, 0.1) is 0 Å². The molecule has 0 aliphatic heterocycles. The number of rotatable bonds is 5. The van der Waals surface area contributed by atoms with Crippen LogP contribution in [0.4, 0.5) is 0 Å². The van der Waals surface area contributed by atoms with E-state index in [9.17, 15) is 0 Å². The van der Waals surface area contributed by atoms with Crippen molar-refractivity contribution in [1.29, 1.82) is 0 Å². The van der Waals surface area contributed by atoms with E-state index in [4.69, 9.17) is 0 Å². The van der Waals surface area contributed by atoms with Crippen molar-refractivity contribution in [1.82, 2.24) is 20.5 Å². The maximum absolute atomic E-state index is 4.25. The Morgan fingerprint density at radius 2 is 2.15 bits per heavy atom. The van der Waals surface area contributed by atoms with E-state index in [2.05, 4.69) is 44.8 Å². The van der Waals surface area contributed by atoms with Gasteiger partial charge in [-0.2, -0.15) is 5.10 Å². The molecule has 0 radical (unpaired) electrons. The second-order valence-corrected chi connectivity index (χ2v) is 4.95. The first-order valence-corrected chi connectivity index (χ1v) is 6.86. The van der Waals surface area contributed by atoms with Crippen LogP contribution in [-0.2, 0) is 0 Å². The van der Waals surface area contributed by atoms with Gasteiger partial charge in [-0.15, -0.1) is 0 Å². The molecule has 1 aromatic carbocycles. The van der Waals surface area contributed by atoms with E-state index in [1.165, 1.54) is 11.1 Å². The minimum Gasteiger partial charge on any atom is -0.320 e. The third-order valence-corrected chi connectivity index (χ3v) is 3.64. The number of pyridine rings is 1. The maximum atomic E-state index is 4.25. The van der Waals surface area contributed by atoms with Crippen LogP contribution in [0.25, 0.3) is 10.9 Å². The zero-order valence-corrected chi connectivity index (χ0v) is 11.5. The number of aromatic amines is 1. The van der Waals surface area contributed by atoms with Gasteiger partial charge in [0, 0.05) is 23.7 Å². The highest BCUT2D eigenvalue weighted by molar-refractivity contribution is 5.78. The Morgan fingerprint density at radius 3 is 2.95 bits per heavy atom. The van der Waals surface area contributed by atoms with Crippen LogP contribution in [0.1, 0.15) is 23.5 Å². The highest BCUT2D eigenvalue weighted by atomic mass is 15.1. The van der Waals surface area contributed by atoms with Crippen molar-refractivity contribution < 1.29 is 0 Å². The Morgan fingerprint density at radius 1 is 1.20 bits per heavy atom. The van der Waals surface area contributed by atoms with Crippen LogP contribution >= 0.6 is 0 Å². The summed E-state index contributed by atoms with van der Waals surface area (Å²) in [4.78, 5) is 4.25. The lowest BCUT2D eigenvalue weighted by Gasteiger charge is -2.17. The molecule has 3 rings (SSSR count). The van der Waals surface area contributed by atoms with Gasteiger partial charge in [0.15, 0.2) is 0 Å². The Balaban J connectivity index is 1.99. The minimum atomic E-state index is 0.351. The summed E-state index contributed by atoms with van der Waals surface area (Å²) in [5, 5.41) is 11.5. The molecule has 102 valence electrons. The molecule has 2 N–H and O–H groups in total. The highest BCUT2D eigenvalue weighted by Gasteiger charge is 2.14. The summed E-state index contributed by atoms with van der Waals surface area (Å²) in [6.07, 6.45) is 6.67. The average Bonchev–Trinajstić information content (AvgIpc) is 2.96. The summed E-state index contributed by atoms with van der Waals surface area (Å²) in [5.41, 5.74) is 3.63. The smallest absolute Gasteiger partial charge is 0.0653 e. The van der Waals surface area contributed by atoms with Crippen molar-refractivity contribution in [2.45, 2.75) is 12.3 Å². The summed E-state index contributed by atoms with van der Waals surface area (Å²) < 4.78 is 0. The quantitative estimate of drug-likeness (QED) is 0.746. The van der Waals surface area contributed by atoms with E-state index < -0.39 is 0 Å².